The van der Waals surface area contributed by atoms with Crippen LogP contribution in [0.2, 0.25) is 0 Å². The summed E-state index contributed by atoms with van der Waals surface area (Å²) >= 11 is 0. The Hall–Kier alpha value is -2.24. The number of hydrogen-bond acceptors (Lipinski definition) is 4. The van der Waals surface area contributed by atoms with Crippen LogP contribution in [-0.4, -0.2) is 43.1 Å². The monoisotopic (exact) mass is 249 g/mol. The first kappa shape index (κ1) is 12.2. The van der Waals surface area contributed by atoms with Gasteiger partial charge in [-0.05, 0) is 18.2 Å². The second kappa shape index (κ2) is 5.39. The fraction of sp³-hybridized carbons (Fsp3) is 0.333. The molecule has 18 heavy (non-hydrogen) atoms. The van der Waals surface area contributed by atoms with E-state index in [1.54, 1.807) is 29.2 Å². The molecular weight excluding hydrogens is 234 g/mol. The van der Waals surface area contributed by atoms with Gasteiger partial charge in [0.05, 0.1) is 12.1 Å². The highest BCUT2D eigenvalue weighted by atomic mass is 16.5. The first-order chi connectivity index (χ1) is 8.66. The summed E-state index contributed by atoms with van der Waals surface area (Å²) in [5.74, 6) is -0.429. The van der Waals surface area contributed by atoms with Gasteiger partial charge in [-0.2, -0.15) is 0 Å². The SMILES string of the molecule is Nc1cccc(C(=O)OCCN2CCNC2=O)c1. The van der Waals surface area contributed by atoms with E-state index in [1.807, 2.05) is 0 Å². The van der Waals surface area contributed by atoms with Gasteiger partial charge in [-0.1, -0.05) is 6.07 Å². The minimum absolute atomic E-state index is 0.116. The molecule has 1 aliphatic rings. The van der Waals surface area contributed by atoms with Gasteiger partial charge in [0.25, 0.3) is 0 Å². The summed E-state index contributed by atoms with van der Waals surface area (Å²) in [6, 6.07) is 6.48. The molecule has 0 saturated carbocycles. The number of carbonyl (C=O) groups is 2. The summed E-state index contributed by atoms with van der Waals surface area (Å²) in [6.07, 6.45) is 0. The molecule has 6 heteroatoms. The van der Waals surface area contributed by atoms with Gasteiger partial charge in [0, 0.05) is 18.8 Å². The number of urea groups is 1. The Bertz CT molecular complexity index is 462. The highest BCUT2D eigenvalue weighted by Gasteiger charge is 2.19. The molecule has 96 valence electrons. The number of ether oxygens (including phenoxy) is 1. The van der Waals surface area contributed by atoms with Crippen LogP contribution in [0, 0.1) is 0 Å². The number of esters is 1. The maximum absolute atomic E-state index is 11.7. The maximum Gasteiger partial charge on any atom is 0.338 e. The van der Waals surface area contributed by atoms with Crippen molar-refractivity contribution in [1.82, 2.24) is 10.2 Å². The van der Waals surface area contributed by atoms with E-state index in [1.165, 1.54) is 0 Å². The molecule has 2 rings (SSSR count). The Morgan fingerprint density at radius 2 is 2.33 bits per heavy atom. The smallest absolute Gasteiger partial charge is 0.338 e. The fourth-order valence-corrected chi connectivity index (χ4v) is 1.72. The minimum atomic E-state index is -0.429. The second-order valence-corrected chi connectivity index (χ2v) is 3.98. The molecule has 0 radical (unpaired) electrons. The molecule has 1 aromatic rings. The molecule has 2 amide bonds. The van der Waals surface area contributed by atoms with Crippen molar-refractivity contribution in [3.8, 4) is 0 Å². The van der Waals surface area contributed by atoms with Crippen molar-refractivity contribution in [1.29, 1.82) is 0 Å². The first-order valence-electron chi connectivity index (χ1n) is 5.72. The fourth-order valence-electron chi connectivity index (χ4n) is 1.72. The molecule has 0 bridgehead atoms. The molecule has 0 aromatic heterocycles. The van der Waals surface area contributed by atoms with E-state index in [9.17, 15) is 9.59 Å². The molecule has 1 heterocycles. The first-order valence-corrected chi connectivity index (χ1v) is 5.72. The zero-order chi connectivity index (χ0) is 13.0. The molecule has 6 nitrogen and oxygen atoms in total. The zero-order valence-electron chi connectivity index (χ0n) is 9.89. The number of amides is 2. The van der Waals surface area contributed by atoms with Crippen LogP contribution in [0.15, 0.2) is 24.3 Å². The standard InChI is InChI=1S/C12H15N3O3/c13-10-3-1-2-9(8-10)11(16)18-7-6-15-5-4-14-12(15)17/h1-3,8H,4-7,13H2,(H,14,17). The number of carbonyl (C=O) groups excluding carboxylic acids is 2. The van der Waals surface area contributed by atoms with Crippen LogP contribution < -0.4 is 11.1 Å². The van der Waals surface area contributed by atoms with Crippen LogP contribution in [0.1, 0.15) is 10.4 Å². The van der Waals surface area contributed by atoms with Crippen LogP contribution in [0.5, 0.6) is 0 Å². The summed E-state index contributed by atoms with van der Waals surface area (Å²) in [4.78, 5) is 24.5. The van der Waals surface area contributed by atoms with Gasteiger partial charge in [0.1, 0.15) is 6.61 Å². The van der Waals surface area contributed by atoms with Crippen LogP contribution >= 0.6 is 0 Å². The number of nitrogens with one attached hydrogen (secondary N) is 1. The van der Waals surface area contributed by atoms with E-state index in [0.717, 1.165) is 0 Å². The molecule has 0 aliphatic carbocycles. The predicted octanol–water partition coefficient (Wildman–Crippen LogP) is 0.451. The van der Waals surface area contributed by atoms with E-state index in [4.69, 9.17) is 10.5 Å². The van der Waals surface area contributed by atoms with Crippen molar-refractivity contribution in [2.45, 2.75) is 0 Å². The molecule has 0 unspecified atom stereocenters. The van der Waals surface area contributed by atoms with Gasteiger partial charge in [0.15, 0.2) is 0 Å². The Labute approximate surface area is 105 Å². The molecule has 0 atom stereocenters. The molecule has 1 saturated heterocycles. The molecular formula is C12H15N3O3. The summed E-state index contributed by atoms with van der Waals surface area (Å²) in [7, 11) is 0. The number of nitrogen functional groups attached to an aromatic ring is 1. The van der Waals surface area contributed by atoms with Crippen molar-refractivity contribution in [2.75, 3.05) is 32.0 Å². The normalized spacial score (nSPS) is 14.4. The summed E-state index contributed by atoms with van der Waals surface area (Å²) in [6.45, 7) is 1.87. The summed E-state index contributed by atoms with van der Waals surface area (Å²) < 4.78 is 5.08. The molecule has 1 fully saturated rings. The largest absolute Gasteiger partial charge is 0.460 e. The molecule has 0 spiro atoms. The van der Waals surface area contributed by atoms with Crippen molar-refractivity contribution in [3.63, 3.8) is 0 Å². The van der Waals surface area contributed by atoms with Crippen molar-refractivity contribution in [2.24, 2.45) is 0 Å². The Balaban J connectivity index is 1.80. The summed E-state index contributed by atoms with van der Waals surface area (Å²) in [5.41, 5.74) is 6.51. The van der Waals surface area contributed by atoms with Crippen LogP contribution in [0.3, 0.4) is 0 Å². The van der Waals surface area contributed by atoms with Gasteiger partial charge in [-0.3, -0.25) is 0 Å². The topological polar surface area (TPSA) is 84.7 Å². The number of nitrogens with two attached hydrogens (primary N) is 1. The number of anilines is 1. The average Bonchev–Trinajstić information content (AvgIpc) is 2.75. The lowest BCUT2D eigenvalue weighted by molar-refractivity contribution is 0.0481. The van der Waals surface area contributed by atoms with E-state index in [2.05, 4.69) is 5.32 Å². The molecule has 1 aromatic carbocycles. The second-order valence-electron chi connectivity index (χ2n) is 3.98. The summed E-state index contributed by atoms with van der Waals surface area (Å²) in [5, 5.41) is 2.68. The number of benzene rings is 1. The molecule has 1 aliphatic heterocycles. The molecule has 3 N–H and O–H groups in total. The van der Waals surface area contributed by atoms with Crippen LogP contribution in [0.25, 0.3) is 0 Å². The van der Waals surface area contributed by atoms with Gasteiger partial charge >= 0.3 is 12.0 Å². The van der Waals surface area contributed by atoms with E-state index in [0.29, 0.717) is 30.9 Å². The third-order valence-electron chi connectivity index (χ3n) is 2.66. The van der Waals surface area contributed by atoms with Crippen molar-refractivity contribution >= 4 is 17.7 Å². The average molecular weight is 249 g/mol. The minimum Gasteiger partial charge on any atom is -0.460 e. The lowest BCUT2D eigenvalue weighted by atomic mass is 10.2. The number of hydrogen-bond donors (Lipinski definition) is 2. The van der Waals surface area contributed by atoms with Gasteiger partial charge < -0.3 is 20.7 Å². The van der Waals surface area contributed by atoms with E-state index < -0.39 is 5.97 Å². The van der Waals surface area contributed by atoms with E-state index in [-0.39, 0.29) is 12.6 Å². The van der Waals surface area contributed by atoms with Gasteiger partial charge in [-0.15, -0.1) is 0 Å². The van der Waals surface area contributed by atoms with Crippen LogP contribution in [0.4, 0.5) is 10.5 Å². The van der Waals surface area contributed by atoms with Gasteiger partial charge in [-0.25, -0.2) is 9.59 Å². The third kappa shape index (κ3) is 2.91. The highest BCUT2D eigenvalue weighted by Crippen LogP contribution is 2.08. The Morgan fingerprint density at radius 1 is 1.50 bits per heavy atom. The van der Waals surface area contributed by atoms with Crippen molar-refractivity contribution < 1.29 is 14.3 Å². The quantitative estimate of drug-likeness (QED) is 0.599. The maximum atomic E-state index is 11.7. The van der Waals surface area contributed by atoms with Gasteiger partial charge in [0.2, 0.25) is 0 Å². The highest BCUT2D eigenvalue weighted by molar-refractivity contribution is 5.90. The Morgan fingerprint density at radius 3 is 3.00 bits per heavy atom. The Kier molecular flexibility index (Phi) is 3.66. The predicted molar refractivity (Wildman–Crippen MR) is 66.1 cm³/mol. The number of rotatable bonds is 4. The van der Waals surface area contributed by atoms with Crippen LogP contribution in [-0.2, 0) is 4.74 Å². The zero-order valence-corrected chi connectivity index (χ0v) is 9.89. The van der Waals surface area contributed by atoms with E-state index >= 15 is 0 Å². The number of nitrogens with zero attached hydrogens (tertiary/aromatic N) is 1. The lowest BCUT2D eigenvalue weighted by Gasteiger charge is -2.13. The van der Waals surface area contributed by atoms with Crippen molar-refractivity contribution in [3.05, 3.63) is 29.8 Å². The third-order valence-corrected chi connectivity index (χ3v) is 2.66. The lowest BCUT2D eigenvalue weighted by Crippen LogP contribution is -2.31.